The Morgan fingerprint density at radius 1 is 1.40 bits per heavy atom. The van der Waals surface area contributed by atoms with Gasteiger partial charge in [0.05, 0.1) is 5.69 Å². The van der Waals surface area contributed by atoms with Crippen molar-refractivity contribution in [3.8, 4) is 11.3 Å². The number of amides is 1. The first-order valence-electron chi connectivity index (χ1n) is 6.11. The molecule has 0 aliphatic carbocycles. The van der Waals surface area contributed by atoms with Gasteiger partial charge in [-0.05, 0) is 12.1 Å². The molecule has 0 unspecified atom stereocenters. The molecule has 0 fully saturated rings. The molecule has 0 radical (unpaired) electrons. The van der Waals surface area contributed by atoms with Crippen molar-refractivity contribution >= 4 is 23.1 Å². The summed E-state index contributed by atoms with van der Waals surface area (Å²) in [5, 5.41) is 2.74. The highest BCUT2D eigenvalue weighted by Crippen LogP contribution is 2.23. The predicted molar refractivity (Wildman–Crippen MR) is 77.1 cm³/mol. The van der Waals surface area contributed by atoms with Crippen LogP contribution in [0.4, 0.5) is 11.5 Å². The molecule has 0 bridgehead atoms. The van der Waals surface area contributed by atoms with Gasteiger partial charge in [0.2, 0.25) is 5.91 Å². The van der Waals surface area contributed by atoms with Crippen LogP contribution >= 0.6 is 0 Å². The van der Waals surface area contributed by atoms with Gasteiger partial charge in [-0.1, -0.05) is 12.1 Å². The number of aromatic nitrogens is 3. The van der Waals surface area contributed by atoms with E-state index in [0.717, 1.165) is 16.9 Å². The van der Waals surface area contributed by atoms with Crippen LogP contribution in [0, 0.1) is 0 Å². The van der Waals surface area contributed by atoms with Crippen LogP contribution in [0.3, 0.4) is 0 Å². The number of nitrogen functional groups attached to an aromatic ring is 1. The van der Waals surface area contributed by atoms with Crippen LogP contribution in [0.1, 0.15) is 6.92 Å². The SMILES string of the molecule is CC(=O)Nc1cccc(-c2cn3ccnc3c(N)n2)c1. The summed E-state index contributed by atoms with van der Waals surface area (Å²) in [5.41, 5.74) is 8.84. The highest BCUT2D eigenvalue weighted by Gasteiger charge is 2.07. The summed E-state index contributed by atoms with van der Waals surface area (Å²) in [7, 11) is 0. The lowest BCUT2D eigenvalue weighted by Gasteiger charge is -2.07. The molecule has 0 saturated heterocycles. The van der Waals surface area contributed by atoms with Crippen molar-refractivity contribution < 1.29 is 4.79 Å². The minimum atomic E-state index is -0.111. The zero-order valence-corrected chi connectivity index (χ0v) is 10.9. The van der Waals surface area contributed by atoms with Gasteiger partial charge in [0, 0.05) is 36.8 Å². The monoisotopic (exact) mass is 267 g/mol. The first-order valence-corrected chi connectivity index (χ1v) is 6.11. The Labute approximate surface area is 115 Å². The lowest BCUT2D eigenvalue weighted by Crippen LogP contribution is -2.05. The maximum atomic E-state index is 11.1. The molecular weight excluding hydrogens is 254 g/mol. The number of benzene rings is 1. The highest BCUT2D eigenvalue weighted by molar-refractivity contribution is 5.89. The smallest absolute Gasteiger partial charge is 0.221 e. The molecule has 6 nitrogen and oxygen atoms in total. The van der Waals surface area contributed by atoms with Crippen LogP contribution in [0.15, 0.2) is 42.9 Å². The number of anilines is 2. The van der Waals surface area contributed by atoms with E-state index >= 15 is 0 Å². The van der Waals surface area contributed by atoms with E-state index in [1.165, 1.54) is 6.92 Å². The second kappa shape index (κ2) is 4.65. The van der Waals surface area contributed by atoms with Crippen LogP contribution in [-0.2, 0) is 4.79 Å². The number of carbonyl (C=O) groups is 1. The standard InChI is InChI=1S/C14H13N5O/c1-9(20)17-11-4-2-3-10(7-11)12-8-19-6-5-16-14(19)13(15)18-12/h2-8H,1H3,(H2,15,18)(H,17,20). The van der Waals surface area contributed by atoms with E-state index in [1.54, 1.807) is 6.20 Å². The van der Waals surface area contributed by atoms with Gasteiger partial charge in [-0.3, -0.25) is 4.79 Å². The van der Waals surface area contributed by atoms with Crippen LogP contribution in [0.2, 0.25) is 0 Å². The van der Waals surface area contributed by atoms with Gasteiger partial charge >= 0.3 is 0 Å². The normalized spacial score (nSPS) is 10.7. The van der Waals surface area contributed by atoms with Crippen LogP contribution in [0.25, 0.3) is 16.9 Å². The second-order valence-electron chi connectivity index (χ2n) is 4.43. The number of hydrogen-bond acceptors (Lipinski definition) is 4. The average molecular weight is 267 g/mol. The van der Waals surface area contributed by atoms with Crippen LogP contribution in [-0.4, -0.2) is 20.3 Å². The largest absolute Gasteiger partial charge is 0.381 e. The van der Waals surface area contributed by atoms with E-state index in [4.69, 9.17) is 5.73 Å². The summed E-state index contributed by atoms with van der Waals surface area (Å²) in [6.45, 7) is 1.47. The zero-order chi connectivity index (χ0) is 14.1. The maximum absolute atomic E-state index is 11.1. The molecule has 3 aromatic rings. The maximum Gasteiger partial charge on any atom is 0.221 e. The molecule has 0 aliphatic rings. The van der Waals surface area contributed by atoms with Gasteiger partial charge in [-0.15, -0.1) is 0 Å². The Hall–Kier alpha value is -2.89. The third kappa shape index (κ3) is 2.18. The van der Waals surface area contributed by atoms with Gasteiger partial charge in [0.25, 0.3) is 0 Å². The number of rotatable bonds is 2. The summed E-state index contributed by atoms with van der Waals surface area (Å²) in [6.07, 6.45) is 5.34. The van der Waals surface area contributed by atoms with Gasteiger partial charge < -0.3 is 15.5 Å². The Bertz CT molecular complexity index is 793. The lowest BCUT2D eigenvalue weighted by molar-refractivity contribution is -0.114. The molecule has 0 spiro atoms. The second-order valence-corrected chi connectivity index (χ2v) is 4.43. The first kappa shape index (κ1) is 12.2. The summed E-state index contributed by atoms with van der Waals surface area (Å²) < 4.78 is 1.82. The number of nitrogens with two attached hydrogens (primary N) is 1. The summed E-state index contributed by atoms with van der Waals surface area (Å²) in [4.78, 5) is 19.6. The summed E-state index contributed by atoms with van der Waals surface area (Å²) >= 11 is 0. The van der Waals surface area contributed by atoms with Crippen molar-refractivity contribution in [2.45, 2.75) is 6.92 Å². The Kier molecular flexibility index (Phi) is 2.83. The zero-order valence-electron chi connectivity index (χ0n) is 10.9. The van der Waals surface area contributed by atoms with E-state index in [0.29, 0.717) is 11.5 Å². The molecule has 3 rings (SSSR count). The predicted octanol–water partition coefficient (Wildman–Crippen LogP) is 1.94. The van der Waals surface area contributed by atoms with Gasteiger partial charge in [0.1, 0.15) is 0 Å². The summed E-state index contributed by atoms with van der Waals surface area (Å²) in [5.74, 6) is 0.261. The number of nitrogens with zero attached hydrogens (tertiary/aromatic N) is 3. The molecule has 20 heavy (non-hydrogen) atoms. The molecule has 1 amide bonds. The van der Waals surface area contributed by atoms with E-state index in [2.05, 4.69) is 15.3 Å². The summed E-state index contributed by atoms with van der Waals surface area (Å²) in [6, 6.07) is 7.45. The minimum Gasteiger partial charge on any atom is -0.381 e. The third-order valence-electron chi connectivity index (χ3n) is 2.88. The van der Waals surface area contributed by atoms with Crippen molar-refractivity contribution in [2.24, 2.45) is 0 Å². The van der Waals surface area contributed by atoms with Crippen molar-refractivity contribution in [1.82, 2.24) is 14.4 Å². The van der Waals surface area contributed by atoms with E-state index in [-0.39, 0.29) is 5.91 Å². The molecular formula is C14H13N5O. The quantitative estimate of drug-likeness (QED) is 0.743. The molecule has 6 heteroatoms. The average Bonchev–Trinajstić information content (AvgIpc) is 2.87. The third-order valence-corrected chi connectivity index (χ3v) is 2.88. The molecule has 0 atom stereocenters. The van der Waals surface area contributed by atoms with E-state index < -0.39 is 0 Å². The fourth-order valence-electron chi connectivity index (χ4n) is 2.05. The molecule has 1 aromatic carbocycles. The van der Waals surface area contributed by atoms with E-state index in [9.17, 15) is 4.79 Å². The Morgan fingerprint density at radius 2 is 2.25 bits per heavy atom. The molecule has 100 valence electrons. The van der Waals surface area contributed by atoms with Gasteiger partial charge in [-0.25, -0.2) is 9.97 Å². The Morgan fingerprint density at radius 3 is 3.05 bits per heavy atom. The van der Waals surface area contributed by atoms with E-state index in [1.807, 2.05) is 41.1 Å². The molecule has 2 aromatic heterocycles. The highest BCUT2D eigenvalue weighted by atomic mass is 16.1. The number of hydrogen-bond donors (Lipinski definition) is 2. The fraction of sp³-hybridized carbons (Fsp3) is 0.0714. The Balaban J connectivity index is 2.08. The number of carbonyl (C=O) groups excluding carboxylic acids is 1. The lowest BCUT2D eigenvalue weighted by atomic mass is 10.1. The molecule has 3 N–H and O–H groups in total. The van der Waals surface area contributed by atoms with Gasteiger partial charge in [0.15, 0.2) is 11.5 Å². The van der Waals surface area contributed by atoms with Crippen molar-refractivity contribution in [1.29, 1.82) is 0 Å². The minimum absolute atomic E-state index is 0.111. The molecule has 0 saturated carbocycles. The number of fused-ring (bicyclic) bond motifs is 1. The van der Waals surface area contributed by atoms with Crippen LogP contribution in [0.5, 0.6) is 0 Å². The van der Waals surface area contributed by atoms with Crippen LogP contribution < -0.4 is 11.1 Å². The van der Waals surface area contributed by atoms with Crippen molar-refractivity contribution in [2.75, 3.05) is 11.1 Å². The molecule has 2 heterocycles. The molecule has 0 aliphatic heterocycles. The number of imidazole rings is 1. The topological polar surface area (TPSA) is 85.3 Å². The van der Waals surface area contributed by atoms with Crippen molar-refractivity contribution in [3.63, 3.8) is 0 Å². The van der Waals surface area contributed by atoms with Crippen molar-refractivity contribution in [3.05, 3.63) is 42.9 Å². The van der Waals surface area contributed by atoms with Gasteiger partial charge in [-0.2, -0.15) is 0 Å². The fourth-order valence-corrected chi connectivity index (χ4v) is 2.05. The first-order chi connectivity index (χ1) is 9.63. The number of nitrogens with one attached hydrogen (secondary N) is 1.